The summed E-state index contributed by atoms with van der Waals surface area (Å²) in [4.78, 5) is 13.7. The van der Waals surface area contributed by atoms with Gasteiger partial charge in [0.1, 0.15) is 11.4 Å². The van der Waals surface area contributed by atoms with Crippen LogP contribution in [0, 0.1) is 19.7 Å². The Kier molecular flexibility index (Phi) is 6.39. The van der Waals surface area contributed by atoms with E-state index >= 15 is 4.39 Å². The van der Waals surface area contributed by atoms with Crippen molar-refractivity contribution in [2.75, 3.05) is 12.3 Å². The molecule has 1 atom stereocenters. The molecule has 1 aliphatic heterocycles. The molecule has 0 bridgehead atoms. The van der Waals surface area contributed by atoms with Gasteiger partial charge in [0.25, 0.3) is 0 Å². The number of pyridine rings is 1. The minimum absolute atomic E-state index is 0.0328. The lowest BCUT2D eigenvalue weighted by Crippen LogP contribution is -2.36. The van der Waals surface area contributed by atoms with E-state index in [2.05, 4.69) is 26.3 Å². The largest absolute Gasteiger partial charge is 0.381 e. The molecule has 2 N–H and O–H groups in total. The molecule has 1 spiro atoms. The molecular weight excluding hydrogens is 481 g/mol. The highest BCUT2D eigenvalue weighted by atomic mass is 19.1. The van der Waals surface area contributed by atoms with Gasteiger partial charge in [-0.05, 0) is 62.8 Å². The minimum atomic E-state index is -0.702. The molecule has 6 rings (SSSR count). The molecule has 1 aliphatic carbocycles. The minimum Gasteiger partial charge on any atom is -0.381 e. The second-order valence-corrected chi connectivity index (χ2v) is 10.6. The Morgan fingerprint density at radius 3 is 2.74 bits per heavy atom. The first kappa shape index (κ1) is 24.6. The van der Waals surface area contributed by atoms with E-state index in [1.165, 1.54) is 12.8 Å². The maximum Gasteiger partial charge on any atom is 0.193 e. The fraction of sp³-hybridized carbons (Fsp3) is 0.414. The first-order valence-corrected chi connectivity index (χ1v) is 13.3. The molecule has 196 valence electrons. The number of nitrogens with zero attached hydrogens (tertiary/aromatic N) is 6. The van der Waals surface area contributed by atoms with Gasteiger partial charge in [-0.15, -0.1) is 5.10 Å². The van der Waals surface area contributed by atoms with Gasteiger partial charge in [0.15, 0.2) is 17.5 Å². The van der Waals surface area contributed by atoms with Crippen molar-refractivity contribution in [2.24, 2.45) is 0 Å². The fourth-order valence-electron chi connectivity index (χ4n) is 5.86. The summed E-state index contributed by atoms with van der Waals surface area (Å²) in [6.07, 6.45) is 8.50. The Hall–Kier alpha value is -3.72. The van der Waals surface area contributed by atoms with Gasteiger partial charge < -0.3 is 10.5 Å². The molecule has 2 fully saturated rings. The summed E-state index contributed by atoms with van der Waals surface area (Å²) in [5.74, 6) is -0.159. The topological polar surface area (TPSA) is 105 Å². The number of aromatic nitrogens is 6. The van der Waals surface area contributed by atoms with Crippen LogP contribution >= 0.6 is 0 Å². The third-order valence-electron chi connectivity index (χ3n) is 8.08. The van der Waals surface area contributed by atoms with Crippen LogP contribution in [0.5, 0.6) is 0 Å². The Balaban J connectivity index is 1.24. The fourth-order valence-corrected chi connectivity index (χ4v) is 5.86. The van der Waals surface area contributed by atoms with E-state index in [-0.39, 0.29) is 17.1 Å². The number of nitrogens with two attached hydrogens (primary N) is 1. The van der Waals surface area contributed by atoms with Gasteiger partial charge in [-0.1, -0.05) is 42.3 Å². The van der Waals surface area contributed by atoms with Gasteiger partial charge in [-0.3, -0.25) is 4.98 Å². The zero-order chi connectivity index (χ0) is 26.3. The van der Waals surface area contributed by atoms with E-state index in [0.717, 1.165) is 60.4 Å². The molecule has 1 aromatic carbocycles. The number of nitrogen functional groups attached to an aromatic ring is 1. The highest BCUT2D eigenvalue weighted by molar-refractivity contribution is 5.67. The van der Waals surface area contributed by atoms with Crippen LogP contribution < -0.4 is 5.73 Å². The Morgan fingerprint density at radius 2 is 1.89 bits per heavy atom. The zero-order valence-corrected chi connectivity index (χ0v) is 21.8. The molecule has 2 aliphatic rings. The first-order valence-electron chi connectivity index (χ1n) is 13.3. The van der Waals surface area contributed by atoms with Gasteiger partial charge in [-0.2, -0.15) is 0 Å². The number of aryl methyl sites for hydroxylation is 1. The molecule has 38 heavy (non-hydrogen) atoms. The van der Waals surface area contributed by atoms with Crippen LogP contribution in [0.3, 0.4) is 0 Å². The van der Waals surface area contributed by atoms with Crippen molar-refractivity contribution in [1.29, 1.82) is 0 Å². The van der Waals surface area contributed by atoms with Crippen LogP contribution in [0.4, 0.5) is 10.2 Å². The lowest BCUT2D eigenvalue weighted by molar-refractivity contribution is -0.0809. The predicted molar refractivity (Wildman–Crippen MR) is 143 cm³/mol. The van der Waals surface area contributed by atoms with Crippen molar-refractivity contribution in [3.63, 3.8) is 0 Å². The van der Waals surface area contributed by atoms with E-state index in [1.807, 2.05) is 44.2 Å². The van der Waals surface area contributed by atoms with Crippen molar-refractivity contribution in [3.8, 4) is 22.8 Å². The number of rotatable bonds is 5. The van der Waals surface area contributed by atoms with Crippen LogP contribution in [-0.2, 0) is 11.3 Å². The Morgan fingerprint density at radius 1 is 1.08 bits per heavy atom. The quantitative estimate of drug-likeness (QED) is 0.381. The summed E-state index contributed by atoms with van der Waals surface area (Å²) in [6.45, 7) is 5.20. The zero-order valence-electron chi connectivity index (χ0n) is 21.8. The highest BCUT2D eigenvalue weighted by Crippen LogP contribution is 2.44. The molecule has 4 aromatic rings. The van der Waals surface area contributed by atoms with E-state index in [0.29, 0.717) is 24.0 Å². The van der Waals surface area contributed by atoms with E-state index < -0.39 is 5.82 Å². The van der Waals surface area contributed by atoms with Crippen LogP contribution in [0.25, 0.3) is 22.8 Å². The lowest BCUT2D eigenvalue weighted by atomic mass is 9.82. The van der Waals surface area contributed by atoms with Crippen molar-refractivity contribution in [1.82, 2.24) is 29.9 Å². The second kappa shape index (κ2) is 9.87. The third-order valence-corrected chi connectivity index (χ3v) is 8.08. The lowest BCUT2D eigenvalue weighted by Gasteiger charge is -2.38. The molecule has 1 saturated heterocycles. The Bertz CT molecular complexity index is 1480. The maximum atomic E-state index is 15.0. The van der Waals surface area contributed by atoms with Gasteiger partial charge in [0.05, 0.1) is 24.0 Å². The molecule has 8 nitrogen and oxygen atoms in total. The molecular formula is C29H32FN7O. The smallest absolute Gasteiger partial charge is 0.193 e. The molecule has 1 saturated carbocycles. The molecule has 9 heteroatoms. The average molecular weight is 514 g/mol. The molecule has 1 unspecified atom stereocenters. The number of ether oxygens (including phenoxy) is 1. The van der Waals surface area contributed by atoms with Crippen LogP contribution in [0.2, 0.25) is 0 Å². The maximum absolute atomic E-state index is 15.0. The standard InChI is InChI=1S/C29H32FN7O/c1-18-7-5-9-22(19(18)2)28-33-26(25(30)27(31)34-28)24-17-37(36-35-24)16-21-8-6-10-23(32-21)20-11-14-38-29(15-20)12-3-4-13-29/h5-10,17,20H,3-4,11-16H2,1-2H3,(H2,31,33,34). The van der Waals surface area contributed by atoms with Gasteiger partial charge >= 0.3 is 0 Å². The van der Waals surface area contributed by atoms with Gasteiger partial charge in [-0.25, -0.2) is 19.0 Å². The summed E-state index contributed by atoms with van der Waals surface area (Å²) < 4.78 is 22.9. The molecule has 4 heterocycles. The van der Waals surface area contributed by atoms with Crippen LogP contribution in [0.15, 0.2) is 42.6 Å². The van der Waals surface area contributed by atoms with Gasteiger partial charge in [0.2, 0.25) is 0 Å². The number of benzene rings is 1. The normalized spacial score (nSPS) is 18.8. The summed E-state index contributed by atoms with van der Waals surface area (Å²) in [7, 11) is 0. The van der Waals surface area contributed by atoms with E-state index in [9.17, 15) is 0 Å². The van der Waals surface area contributed by atoms with E-state index in [1.54, 1.807) is 10.9 Å². The average Bonchev–Trinajstić information content (AvgIpc) is 3.57. The summed E-state index contributed by atoms with van der Waals surface area (Å²) >= 11 is 0. The number of hydrogen-bond acceptors (Lipinski definition) is 7. The van der Waals surface area contributed by atoms with Crippen molar-refractivity contribution in [3.05, 3.63) is 70.9 Å². The monoisotopic (exact) mass is 513 g/mol. The first-order chi connectivity index (χ1) is 18.4. The van der Waals surface area contributed by atoms with Crippen molar-refractivity contribution in [2.45, 2.75) is 70.4 Å². The number of halogens is 1. The summed E-state index contributed by atoms with van der Waals surface area (Å²) in [5, 5.41) is 8.43. The van der Waals surface area contributed by atoms with Gasteiger partial charge in [0, 0.05) is 23.8 Å². The highest BCUT2D eigenvalue weighted by Gasteiger charge is 2.40. The number of anilines is 1. The SMILES string of the molecule is Cc1cccc(-c2nc(N)c(F)c(-c3cn(Cc4cccc(C5CCOC6(CCCC6)C5)n4)nn3)n2)c1C. The summed E-state index contributed by atoms with van der Waals surface area (Å²) in [5.41, 5.74) is 11.2. The van der Waals surface area contributed by atoms with Crippen molar-refractivity contribution >= 4 is 5.82 Å². The predicted octanol–water partition coefficient (Wildman–Crippen LogP) is 5.39. The van der Waals surface area contributed by atoms with Crippen molar-refractivity contribution < 1.29 is 9.13 Å². The van der Waals surface area contributed by atoms with Crippen LogP contribution in [-0.4, -0.2) is 42.2 Å². The van der Waals surface area contributed by atoms with E-state index in [4.69, 9.17) is 15.5 Å². The van der Waals surface area contributed by atoms with Crippen LogP contribution in [0.1, 0.15) is 67.0 Å². The molecule has 0 radical (unpaired) electrons. The third kappa shape index (κ3) is 4.67. The second-order valence-electron chi connectivity index (χ2n) is 10.6. The summed E-state index contributed by atoms with van der Waals surface area (Å²) in [6, 6.07) is 12.0. The molecule has 3 aromatic heterocycles. The number of hydrogen-bond donors (Lipinski definition) is 1. The molecule has 0 amide bonds. The Labute approximate surface area is 221 Å².